The van der Waals surface area contributed by atoms with Crippen molar-refractivity contribution in [3.63, 3.8) is 0 Å². The van der Waals surface area contributed by atoms with Gasteiger partial charge in [-0.1, -0.05) is 19.9 Å². The molecule has 0 saturated heterocycles. The van der Waals surface area contributed by atoms with Crippen LogP contribution in [0.25, 0.3) is 0 Å². The van der Waals surface area contributed by atoms with Gasteiger partial charge in [-0.3, -0.25) is 4.79 Å². The van der Waals surface area contributed by atoms with E-state index < -0.39 is 0 Å². The molecule has 134 valence electrons. The number of benzene rings is 2. The van der Waals surface area contributed by atoms with Gasteiger partial charge in [0.05, 0.1) is 20.6 Å². The monoisotopic (exact) mass is 342 g/mol. The second-order valence-corrected chi connectivity index (χ2v) is 6.27. The molecule has 0 spiro atoms. The lowest BCUT2D eigenvalue weighted by atomic mass is 10.1. The Morgan fingerprint density at radius 1 is 0.960 bits per heavy atom. The Morgan fingerprint density at radius 3 is 2.20 bits per heavy atom. The van der Waals surface area contributed by atoms with Crippen LogP contribution in [0.3, 0.4) is 0 Å². The molecule has 0 atom stereocenters. The lowest BCUT2D eigenvalue weighted by Crippen LogP contribution is -2.14. The molecule has 1 amide bonds. The molecule has 2 aromatic rings. The van der Waals surface area contributed by atoms with Gasteiger partial charge in [-0.25, -0.2) is 0 Å². The van der Waals surface area contributed by atoms with Gasteiger partial charge in [0.1, 0.15) is 0 Å². The molecule has 25 heavy (non-hydrogen) atoms. The predicted octanol–water partition coefficient (Wildman–Crippen LogP) is 3.95. The Morgan fingerprint density at radius 2 is 1.60 bits per heavy atom. The van der Waals surface area contributed by atoms with E-state index in [2.05, 4.69) is 24.5 Å². The highest BCUT2D eigenvalue weighted by Crippen LogP contribution is 2.27. The largest absolute Gasteiger partial charge is 0.493 e. The fourth-order valence-corrected chi connectivity index (χ4v) is 2.37. The number of methoxy groups -OCH3 is 2. The highest BCUT2D eigenvalue weighted by atomic mass is 16.5. The van der Waals surface area contributed by atoms with E-state index in [9.17, 15) is 4.79 Å². The first-order valence-corrected chi connectivity index (χ1v) is 8.36. The molecule has 2 aromatic carbocycles. The number of anilines is 2. The average Bonchev–Trinajstić information content (AvgIpc) is 2.60. The molecular weight excluding hydrogens is 316 g/mol. The van der Waals surface area contributed by atoms with Crippen molar-refractivity contribution in [1.29, 1.82) is 0 Å². The number of rotatable bonds is 8. The minimum atomic E-state index is -0.0740. The van der Waals surface area contributed by atoms with Crippen LogP contribution in [-0.2, 0) is 11.2 Å². The van der Waals surface area contributed by atoms with Crippen molar-refractivity contribution in [3.8, 4) is 11.5 Å². The summed E-state index contributed by atoms with van der Waals surface area (Å²) < 4.78 is 10.5. The SMILES string of the molecule is COc1ccc(CC(=O)Nc2ccc(NCC(C)C)cc2)cc1OC. The van der Waals surface area contributed by atoms with Crippen LogP contribution in [0.5, 0.6) is 11.5 Å². The minimum Gasteiger partial charge on any atom is -0.493 e. The Labute approximate surface area is 149 Å². The first-order valence-electron chi connectivity index (χ1n) is 8.36. The molecule has 0 aliphatic rings. The zero-order valence-electron chi connectivity index (χ0n) is 15.3. The smallest absolute Gasteiger partial charge is 0.228 e. The molecule has 0 aliphatic heterocycles. The van der Waals surface area contributed by atoms with Crippen LogP contribution in [0.1, 0.15) is 19.4 Å². The third kappa shape index (κ3) is 5.71. The summed E-state index contributed by atoms with van der Waals surface area (Å²) in [4.78, 5) is 12.2. The van der Waals surface area contributed by atoms with Crippen molar-refractivity contribution in [3.05, 3.63) is 48.0 Å². The van der Waals surface area contributed by atoms with Crippen molar-refractivity contribution in [2.45, 2.75) is 20.3 Å². The standard InChI is InChI=1S/C20H26N2O3/c1-14(2)13-21-16-6-8-17(9-7-16)22-20(23)12-15-5-10-18(24-3)19(11-15)25-4/h5-11,14,21H,12-13H2,1-4H3,(H,22,23). The summed E-state index contributed by atoms with van der Waals surface area (Å²) in [6.07, 6.45) is 0.272. The van der Waals surface area contributed by atoms with E-state index in [1.165, 1.54) is 0 Å². The fraction of sp³-hybridized carbons (Fsp3) is 0.350. The summed E-state index contributed by atoms with van der Waals surface area (Å²) in [6, 6.07) is 13.2. The second kappa shape index (κ2) is 8.97. The van der Waals surface area contributed by atoms with Crippen molar-refractivity contribution < 1.29 is 14.3 Å². The summed E-state index contributed by atoms with van der Waals surface area (Å²) in [5, 5.41) is 6.26. The number of carbonyl (C=O) groups is 1. The average molecular weight is 342 g/mol. The quantitative estimate of drug-likeness (QED) is 0.762. The summed E-state index contributed by atoms with van der Waals surface area (Å²) >= 11 is 0. The van der Waals surface area contributed by atoms with E-state index in [1.54, 1.807) is 20.3 Å². The van der Waals surface area contributed by atoms with Crippen LogP contribution in [0.15, 0.2) is 42.5 Å². The second-order valence-electron chi connectivity index (χ2n) is 6.27. The first-order chi connectivity index (χ1) is 12.0. The van der Waals surface area contributed by atoms with Gasteiger partial charge < -0.3 is 20.1 Å². The van der Waals surface area contributed by atoms with Gasteiger partial charge >= 0.3 is 0 Å². The van der Waals surface area contributed by atoms with Crippen LogP contribution in [0.4, 0.5) is 11.4 Å². The number of amides is 1. The predicted molar refractivity (Wildman–Crippen MR) is 102 cm³/mol. The topological polar surface area (TPSA) is 59.6 Å². The maximum atomic E-state index is 12.2. The normalized spacial score (nSPS) is 10.4. The van der Waals surface area contributed by atoms with Crippen LogP contribution >= 0.6 is 0 Å². The first kappa shape index (κ1) is 18.6. The number of nitrogens with one attached hydrogen (secondary N) is 2. The highest BCUT2D eigenvalue weighted by Gasteiger charge is 2.09. The van der Waals surface area contributed by atoms with Gasteiger partial charge in [-0.2, -0.15) is 0 Å². The molecule has 0 aliphatic carbocycles. The summed E-state index contributed by atoms with van der Waals surface area (Å²) in [6.45, 7) is 5.25. The zero-order valence-corrected chi connectivity index (χ0v) is 15.3. The summed E-state index contributed by atoms with van der Waals surface area (Å²) in [5.41, 5.74) is 2.69. The van der Waals surface area contributed by atoms with Crippen LogP contribution < -0.4 is 20.1 Å². The van der Waals surface area contributed by atoms with Crippen molar-refractivity contribution in [1.82, 2.24) is 0 Å². The molecule has 5 heteroatoms. The molecule has 0 fully saturated rings. The maximum absolute atomic E-state index is 12.2. The lowest BCUT2D eigenvalue weighted by molar-refractivity contribution is -0.115. The van der Waals surface area contributed by atoms with Gasteiger partial charge in [0.2, 0.25) is 5.91 Å². The van der Waals surface area contributed by atoms with E-state index in [4.69, 9.17) is 9.47 Å². The van der Waals surface area contributed by atoms with E-state index in [1.807, 2.05) is 36.4 Å². The van der Waals surface area contributed by atoms with E-state index in [0.717, 1.165) is 23.5 Å². The van der Waals surface area contributed by atoms with Gasteiger partial charge in [-0.05, 0) is 47.9 Å². The van der Waals surface area contributed by atoms with E-state index >= 15 is 0 Å². The molecule has 0 heterocycles. The third-order valence-corrected chi connectivity index (χ3v) is 3.70. The molecule has 0 bridgehead atoms. The molecule has 0 unspecified atom stereocenters. The van der Waals surface area contributed by atoms with Gasteiger partial charge in [0.25, 0.3) is 0 Å². The van der Waals surface area contributed by atoms with Gasteiger partial charge in [0, 0.05) is 17.9 Å². The number of carbonyl (C=O) groups excluding carboxylic acids is 1. The number of hydrogen-bond donors (Lipinski definition) is 2. The van der Waals surface area contributed by atoms with Crippen LogP contribution in [0, 0.1) is 5.92 Å². The number of hydrogen-bond acceptors (Lipinski definition) is 4. The minimum absolute atomic E-state index is 0.0740. The van der Waals surface area contributed by atoms with Crippen LogP contribution in [-0.4, -0.2) is 26.7 Å². The van der Waals surface area contributed by atoms with Gasteiger partial charge in [-0.15, -0.1) is 0 Å². The lowest BCUT2D eigenvalue weighted by Gasteiger charge is -2.11. The summed E-state index contributed by atoms with van der Waals surface area (Å²) in [5.74, 6) is 1.78. The molecule has 0 radical (unpaired) electrons. The molecule has 0 saturated carbocycles. The molecule has 2 rings (SSSR count). The third-order valence-electron chi connectivity index (χ3n) is 3.70. The molecule has 2 N–H and O–H groups in total. The Kier molecular flexibility index (Phi) is 6.69. The Balaban J connectivity index is 1.93. The molecule has 0 aromatic heterocycles. The Hall–Kier alpha value is -2.69. The zero-order chi connectivity index (χ0) is 18.2. The summed E-state index contributed by atoms with van der Waals surface area (Å²) in [7, 11) is 3.17. The van der Waals surface area contributed by atoms with Crippen LogP contribution in [0.2, 0.25) is 0 Å². The number of ether oxygens (including phenoxy) is 2. The Bertz CT molecular complexity index is 697. The highest BCUT2D eigenvalue weighted by molar-refractivity contribution is 5.92. The van der Waals surface area contributed by atoms with Crippen molar-refractivity contribution in [2.75, 3.05) is 31.4 Å². The van der Waals surface area contributed by atoms with Crippen molar-refractivity contribution in [2.24, 2.45) is 5.92 Å². The maximum Gasteiger partial charge on any atom is 0.228 e. The van der Waals surface area contributed by atoms with Gasteiger partial charge in [0.15, 0.2) is 11.5 Å². The fourth-order valence-electron chi connectivity index (χ4n) is 2.37. The van der Waals surface area contributed by atoms with E-state index in [-0.39, 0.29) is 12.3 Å². The van der Waals surface area contributed by atoms with Crippen molar-refractivity contribution >= 4 is 17.3 Å². The van der Waals surface area contributed by atoms with E-state index in [0.29, 0.717) is 17.4 Å². The molecule has 5 nitrogen and oxygen atoms in total. The molecular formula is C20H26N2O3.